The van der Waals surface area contributed by atoms with E-state index in [0.717, 1.165) is 12.8 Å². The average Bonchev–Trinajstić information content (AvgIpc) is 2.70. The number of nitrogens with zero attached hydrogens (tertiary/aromatic N) is 1. The zero-order valence-electron chi connectivity index (χ0n) is 16.2. The van der Waals surface area contributed by atoms with Crippen LogP contribution >= 0.6 is 11.6 Å². The molecular formula is C23H28ClNO3. The Morgan fingerprint density at radius 2 is 1.39 bits per heavy atom. The largest absolute Gasteiger partial charge is 0.479 e. The Bertz CT molecular complexity index is 714. The highest BCUT2D eigenvalue weighted by molar-refractivity contribution is 6.35. The fourth-order valence-corrected chi connectivity index (χ4v) is 4.59. The topological polar surface area (TPSA) is 60.8 Å². The maximum atomic E-state index is 11.5. The Labute approximate surface area is 171 Å². The molecule has 4 nitrogen and oxygen atoms in total. The summed E-state index contributed by atoms with van der Waals surface area (Å²) in [5, 5.41) is 18.9. The number of aliphatic carboxylic acids is 1. The van der Waals surface area contributed by atoms with Gasteiger partial charge in [-0.1, -0.05) is 78.7 Å². The van der Waals surface area contributed by atoms with E-state index in [2.05, 4.69) is 11.9 Å². The van der Waals surface area contributed by atoms with Gasteiger partial charge >= 0.3 is 5.97 Å². The highest BCUT2D eigenvalue weighted by Crippen LogP contribution is 2.36. The number of benzene rings is 2. The molecule has 0 spiro atoms. The normalized spacial score (nSPS) is 24.8. The first-order valence-electron chi connectivity index (χ1n) is 9.86. The van der Waals surface area contributed by atoms with Crippen LogP contribution in [0.3, 0.4) is 0 Å². The molecule has 0 aromatic heterocycles. The van der Waals surface area contributed by atoms with E-state index >= 15 is 0 Å². The summed E-state index contributed by atoms with van der Waals surface area (Å²) in [6, 6.07) is 19.0. The molecule has 2 fully saturated rings. The molecule has 0 saturated carbocycles. The van der Waals surface area contributed by atoms with Gasteiger partial charge in [0, 0.05) is 12.1 Å². The van der Waals surface area contributed by atoms with Crippen LogP contribution in [0.5, 0.6) is 0 Å². The van der Waals surface area contributed by atoms with Gasteiger partial charge in [-0.05, 0) is 43.9 Å². The lowest BCUT2D eigenvalue weighted by Gasteiger charge is -2.45. The van der Waals surface area contributed by atoms with Crippen LogP contribution in [0.1, 0.15) is 43.2 Å². The minimum Gasteiger partial charge on any atom is -0.479 e. The highest BCUT2D eigenvalue weighted by Gasteiger charge is 2.40. The number of aliphatic hydroxyl groups is 1. The number of aliphatic hydroxyl groups excluding tert-OH is 1. The molecule has 2 aromatic carbocycles. The summed E-state index contributed by atoms with van der Waals surface area (Å²) in [6.07, 6.45) is 5.96. The van der Waals surface area contributed by atoms with Crippen LogP contribution < -0.4 is 0 Å². The minimum absolute atomic E-state index is 0.0125. The van der Waals surface area contributed by atoms with Crippen molar-refractivity contribution < 1.29 is 15.0 Å². The zero-order chi connectivity index (χ0) is 20.1. The molecule has 0 radical (unpaired) electrons. The van der Waals surface area contributed by atoms with Gasteiger partial charge in [-0.3, -0.25) is 0 Å². The molecule has 150 valence electrons. The Morgan fingerprint density at radius 3 is 1.79 bits per heavy atom. The van der Waals surface area contributed by atoms with Crippen molar-refractivity contribution in [3.63, 3.8) is 0 Å². The summed E-state index contributed by atoms with van der Waals surface area (Å²) in [4.78, 5) is 12.4. The quantitative estimate of drug-likeness (QED) is 0.755. The third kappa shape index (κ3) is 4.40. The van der Waals surface area contributed by atoms with E-state index in [9.17, 15) is 15.0 Å². The molecule has 4 rings (SSSR count). The number of carbonyl (C=O) groups is 1. The minimum atomic E-state index is -1.53. The summed E-state index contributed by atoms with van der Waals surface area (Å²) in [5.74, 6) is -1.07. The van der Waals surface area contributed by atoms with Crippen molar-refractivity contribution in [3.8, 4) is 0 Å². The number of piperidine rings is 2. The molecule has 2 N–H and O–H groups in total. The Kier molecular flexibility index (Phi) is 6.76. The van der Waals surface area contributed by atoms with Crippen LogP contribution in [-0.2, 0) is 9.67 Å². The fourth-order valence-electron chi connectivity index (χ4n) is 4.34. The van der Waals surface area contributed by atoms with E-state index in [-0.39, 0.29) is 6.10 Å². The van der Waals surface area contributed by atoms with Gasteiger partial charge < -0.3 is 15.1 Å². The highest BCUT2D eigenvalue weighted by atomic mass is 35.5. The lowest BCUT2D eigenvalue weighted by molar-refractivity contribution is -0.139. The molecule has 0 aliphatic carbocycles. The Hall–Kier alpha value is -1.88. The fraction of sp³-hybridized carbons (Fsp3) is 0.435. The van der Waals surface area contributed by atoms with E-state index < -0.39 is 10.8 Å². The van der Waals surface area contributed by atoms with Crippen molar-refractivity contribution in [2.45, 2.75) is 55.2 Å². The number of rotatable bonds is 3. The summed E-state index contributed by atoms with van der Waals surface area (Å²) in [7, 11) is 2.21. The molecule has 5 heteroatoms. The predicted molar refractivity (Wildman–Crippen MR) is 112 cm³/mol. The SMILES string of the molecule is CN1C2CCCC1CC(O)C2.O=C(O)C(Cl)(c1ccccc1)c1ccccc1. The smallest absolute Gasteiger partial charge is 0.334 e. The molecule has 2 saturated heterocycles. The second-order valence-corrected chi connectivity index (χ2v) is 8.29. The van der Waals surface area contributed by atoms with Gasteiger partial charge in [0.05, 0.1) is 6.10 Å². The molecule has 2 aliphatic heterocycles. The maximum absolute atomic E-state index is 11.5. The van der Waals surface area contributed by atoms with E-state index in [1.807, 2.05) is 12.1 Å². The number of hydrogen-bond acceptors (Lipinski definition) is 3. The number of carboxylic acid groups (broad SMARTS) is 1. The van der Waals surface area contributed by atoms with Crippen molar-refractivity contribution in [2.24, 2.45) is 0 Å². The van der Waals surface area contributed by atoms with Crippen molar-refractivity contribution in [3.05, 3.63) is 71.8 Å². The molecule has 2 unspecified atom stereocenters. The zero-order valence-corrected chi connectivity index (χ0v) is 16.9. The molecule has 2 aromatic rings. The monoisotopic (exact) mass is 401 g/mol. The van der Waals surface area contributed by atoms with Crippen LogP contribution in [0.2, 0.25) is 0 Å². The molecule has 2 atom stereocenters. The molecule has 28 heavy (non-hydrogen) atoms. The van der Waals surface area contributed by atoms with Crippen molar-refractivity contribution in [1.29, 1.82) is 0 Å². The number of hydrogen-bond donors (Lipinski definition) is 2. The third-order valence-corrected chi connectivity index (χ3v) is 6.55. The predicted octanol–water partition coefficient (Wildman–Crippen LogP) is 4.25. The number of halogens is 1. The van der Waals surface area contributed by atoms with Gasteiger partial charge in [0.15, 0.2) is 4.87 Å². The van der Waals surface area contributed by atoms with E-state index in [1.54, 1.807) is 48.5 Å². The van der Waals surface area contributed by atoms with E-state index in [0.29, 0.717) is 23.2 Å². The third-order valence-electron chi connectivity index (χ3n) is 5.95. The van der Waals surface area contributed by atoms with E-state index in [1.165, 1.54) is 19.3 Å². The molecule has 0 amide bonds. The van der Waals surface area contributed by atoms with Gasteiger partial charge in [0.2, 0.25) is 0 Å². The second kappa shape index (κ2) is 9.08. The first-order valence-corrected chi connectivity index (χ1v) is 10.2. The van der Waals surface area contributed by atoms with Crippen molar-refractivity contribution in [2.75, 3.05) is 7.05 Å². The lowest BCUT2D eigenvalue weighted by Crippen LogP contribution is -2.51. The molecular weight excluding hydrogens is 374 g/mol. The summed E-state index contributed by atoms with van der Waals surface area (Å²) < 4.78 is 0. The number of alkyl halides is 1. The molecule has 2 aliphatic rings. The van der Waals surface area contributed by atoms with Crippen molar-refractivity contribution in [1.82, 2.24) is 4.90 Å². The Balaban J connectivity index is 0.000000176. The maximum Gasteiger partial charge on any atom is 0.334 e. The number of fused-ring (bicyclic) bond motifs is 2. The average molecular weight is 402 g/mol. The lowest BCUT2D eigenvalue weighted by atomic mass is 9.84. The molecule has 2 bridgehead atoms. The standard InChI is InChI=1S/C14H11ClO2.C9H17NO/c15-14(13(16)17,11-7-3-1-4-8-11)12-9-5-2-6-10-12;1-10-7-3-2-4-8(10)6-9(11)5-7/h1-10H,(H,16,17);7-9,11H,2-6H2,1H3. The van der Waals surface area contributed by atoms with Gasteiger partial charge in [-0.15, -0.1) is 0 Å². The van der Waals surface area contributed by atoms with E-state index in [4.69, 9.17) is 11.6 Å². The summed E-state index contributed by atoms with van der Waals surface area (Å²) >= 11 is 6.33. The van der Waals surface area contributed by atoms with Gasteiger partial charge in [0.1, 0.15) is 0 Å². The van der Waals surface area contributed by atoms with Gasteiger partial charge in [-0.25, -0.2) is 4.79 Å². The van der Waals surface area contributed by atoms with Crippen LogP contribution in [0.15, 0.2) is 60.7 Å². The van der Waals surface area contributed by atoms with Crippen molar-refractivity contribution >= 4 is 17.6 Å². The van der Waals surface area contributed by atoms with Crippen LogP contribution in [0, 0.1) is 0 Å². The summed E-state index contributed by atoms with van der Waals surface area (Å²) in [5.41, 5.74) is 1.11. The first-order chi connectivity index (χ1) is 13.4. The van der Waals surface area contributed by atoms with Crippen LogP contribution in [0.4, 0.5) is 0 Å². The van der Waals surface area contributed by atoms with Crippen LogP contribution in [0.25, 0.3) is 0 Å². The Morgan fingerprint density at radius 1 is 0.964 bits per heavy atom. The van der Waals surface area contributed by atoms with Gasteiger partial charge in [-0.2, -0.15) is 0 Å². The van der Waals surface area contributed by atoms with Crippen LogP contribution in [-0.4, -0.2) is 46.3 Å². The summed E-state index contributed by atoms with van der Waals surface area (Å²) in [6.45, 7) is 0. The number of carboxylic acids is 1. The first kappa shape index (κ1) is 20.8. The molecule has 2 heterocycles. The second-order valence-electron chi connectivity index (χ2n) is 7.72. The van der Waals surface area contributed by atoms with Gasteiger partial charge in [0.25, 0.3) is 0 Å².